The molecule has 0 aliphatic rings. The van der Waals surface area contributed by atoms with Crippen molar-refractivity contribution < 1.29 is 22.8 Å². The lowest BCUT2D eigenvalue weighted by molar-refractivity contribution is -0.109. The van der Waals surface area contributed by atoms with Crippen molar-refractivity contribution in [1.29, 1.82) is 0 Å². The number of carbonyl (C=O) groups is 2. The molecule has 0 fully saturated rings. The van der Waals surface area contributed by atoms with Gasteiger partial charge in [0.2, 0.25) is 0 Å². The molecule has 0 aliphatic carbocycles. The fourth-order valence-electron chi connectivity index (χ4n) is 1.30. The molecule has 0 amide bonds. The van der Waals surface area contributed by atoms with E-state index in [1.807, 2.05) is 0 Å². The second-order valence-corrected chi connectivity index (χ2v) is 4.85. The van der Waals surface area contributed by atoms with E-state index in [4.69, 9.17) is 0 Å². The minimum atomic E-state index is -4.87. The molecular formula is C13H11F3O2S. The van der Waals surface area contributed by atoms with Gasteiger partial charge in [0.25, 0.3) is 5.78 Å². The van der Waals surface area contributed by atoms with Crippen molar-refractivity contribution in [1.82, 2.24) is 0 Å². The van der Waals surface area contributed by atoms with Crippen molar-refractivity contribution in [2.75, 3.05) is 5.75 Å². The van der Waals surface area contributed by atoms with E-state index in [9.17, 15) is 22.8 Å². The van der Waals surface area contributed by atoms with Gasteiger partial charge in [0.05, 0.1) is 0 Å². The zero-order valence-electron chi connectivity index (χ0n) is 10.0. The number of hydrogen-bond donors (Lipinski definition) is 0. The Labute approximate surface area is 112 Å². The number of ketones is 1. The van der Waals surface area contributed by atoms with Crippen molar-refractivity contribution in [3.8, 4) is 0 Å². The SMILES string of the molecule is CC(=O)SCC=Cc1cccc(C(=O)C(F)(F)F)c1. The molecular weight excluding hydrogens is 277 g/mol. The summed E-state index contributed by atoms with van der Waals surface area (Å²) in [6, 6.07) is 5.26. The van der Waals surface area contributed by atoms with Crippen LogP contribution in [0.4, 0.5) is 13.2 Å². The van der Waals surface area contributed by atoms with Crippen LogP contribution >= 0.6 is 11.8 Å². The highest BCUT2D eigenvalue weighted by molar-refractivity contribution is 8.13. The molecule has 1 aromatic rings. The second-order valence-electron chi connectivity index (χ2n) is 3.66. The van der Waals surface area contributed by atoms with Gasteiger partial charge in [0.15, 0.2) is 5.12 Å². The Hall–Kier alpha value is -1.56. The molecule has 0 bridgehead atoms. The van der Waals surface area contributed by atoms with E-state index < -0.39 is 17.5 Å². The molecule has 0 radical (unpaired) electrons. The van der Waals surface area contributed by atoms with Gasteiger partial charge in [-0.15, -0.1) is 0 Å². The first kappa shape index (κ1) is 15.5. The zero-order valence-corrected chi connectivity index (χ0v) is 10.8. The molecule has 0 aromatic heterocycles. The highest BCUT2D eigenvalue weighted by Crippen LogP contribution is 2.22. The molecule has 0 saturated carbocycles. The predicted molar refractivity (Wildman–Crippen MR) is 69.0 cm³/mol. The van der Waals surface area contributed by atoms with Gasteiger partial charge in [-0.3, -0.25) is 9.59 Å². The van der Waals surface area contributed by atoms with Crippen molar-refractivity contribution in [3.05, 3.63) is 41.5 Å². The number of carbonyl (C=O) groups excluding carboxylic acids is 2. The van der Waals surface area contributed by atoms with Crippen molar-refractivity contribution in [3.63, 3.8) is 0 Å². The van der Waals surface area contributed by atoms with Crippen molar-refractivity contribution in [2.24, 2.45) is 0 Å². The van der Waals surface area contributed by atoms with Crippen LogP contribution in [0.2, 0.25) is 0 Å². The van der Waals surface area contributed by atoms with Crippen LogP contribution in [0.1, 0.15) is 22.8 Å². The van der Waals surface area contributed by atoms with Crippen molar-refractivity contribution >= 4 is 28.7 Å². The van der Waals surface area contributed by atoms with Gasteiger partial charge in [-0.05, 0) is 11.6 Å². The van der Waals surface area contributed by atoms with E-state index in [0.29, 0.717) is 11.3 Å². The van der Waals surface area contributed by atoms with Gasteiger partial charge < -0.3 is 0 Å². The Bertz CT molecular complexity index is 507. The number of alkyl halides is 3. The lowest BCUT2D eigenvalue weighted by Gasteiger charge is -2.05. The molecule has 0 atom stereocenters. The first-order valence-electron chi connectivity index (χ1n) is 5.32. The third kappa shape index (κ3) is 5.30. The topological polar surface area (TPSA) is 34.1 Å². The Morgan fingerprint density at radius 1 is 1.32 bits per heavy atom. The maximum absolute atomic E-state index is 12.3. The maximum atomic E-state index is 12.3. The molecule has 19 heavy (non-hydrogen) atoms. The van der Waals surface area contributed by atoms with Gasteiger partial charge in [-0.25, -0.2) is 0 Å². The summed E-state index contributed by atoms with van der Waals surface area (Å²) in [7, 11) is 0. The Kier molecular flexibility index (Phi) is 5.35. The maximum Gasteiger partial charge on any atom is 0.454 e. The molecule has 6 heteroatoms. The summed E-state index contributed by atoms with van der Waals surface area (Å²) in [6.45, 7) is 1.43. The first-order chi connectivity index (χ1) is 8.80. The largest absolute Gasteiger partial charge is 0.454 e. The molecule has 1 rings (SSSR count). The standard InChI is InChI=1S/C13H11F3O2S/c1-9(17)19-7-3-5-10-4-2-6-11(8-10)12(18)13(14,15)16/h2-6,8H,7H2,1H3. The molecule has 0 unspecified atom stereocenters. The molecule has 0 N–H and O–H groups in total. The molecule has 2 nitrogen and oxygen atoms in total. The van der Waals surface area contributed by atoms with Crippen molar-refractivity contribution in [2.45, 2.75) is 13.1 Å². The predicted octanol–water partition coefficient (Wildman–Crippen LogP) is 3.72. The highest BCUT2D eigenvalue weighted by Gasteiger charge is 2.39. The lowest BCUT2D eigenvalue weighted by atomic mass is 10.1. The van der Waals surface area contributed by atoms with Crippen LogP contribution in [0.15, 0.2) is 30.3 Å². The van der Waals surface area contributed by atoms with Crippen LogP contribution in [0, 0.1) is 0 Å². The fourth-order valence-corrected chi connectivity index (χ4v) is 1.72. The first-order valence-corrected chi connectivity index (χ1v) is 6.31. The molecule has 0 aliphatic heterocycles. The van der Waals surface area contributed by atoms with Gasteiger partial charge in [-0.2, -0.15) is 13.2 Å². The van der Waals surface area contributed by atoms with Gasteiger partial charge >= 0.3 is 6.18 Å². The summed E-state index contributed by atoms with van der Waals surface area (Å²) < 4.78 is 36.8. The van der Waals surface area contributed by atoms with Crippen LogP contribution in [0.5, 0.6) is 0 Å². The van der Waals surface area contributed by atoms with E-state index in [2.05, 4.69) is 0 Å². The average molecular weight is 288 g/mol. The number of rotatable bonds is 4. The zero-order chi connectivity index (χ0) is 14.5. The minimum Gasteiger partial charge on any atom is -0.288 e. The molecule has 1 aromatic carbocycles. The summed E-state index contributed by atoms with van der Waals surface area (Å²) in [6.07, 6.45) is -1.64. The lowest BCUT2D eigenvalue weighted by Crippen LogP contribution is -2.22. The van der Waals surface area contributed by atoms with E-state index in [1.165, 1.54) is 19.1 Å². The molecule has 0 heterocycles. The summed E-state index contributed by atoms with van der Waals surface area (Å²) in [4.78, 5) is 21.7. The summed E-state index contributed by atoms with van der Waals surface area (Å²) in [5.41, 5.74) is 0.0909. The number of benzene rings is 1. The number of thioether (sulfide) groups is 1. The quantitative estimate of drug-likeness (QED) is 0.792. The van der Waals surface area contributed by atoms with E-state index >= 15 is 0 Å². The van der Waals surface area contributed by atoms with E-state index in [-0.39, 0.29) is 5.12 Å². The van der Waals surface area contributed by atoms with Crippen LogP contribution in [-0.4, -0.2) is 22.8 Å². The monoisotopic (exact) mass is 288 g/mol. The third-order valence-electron chi connectivity index (χ3n) is 2.10. The van der Waals surface area contributed by atoms with Crippen LogP contribution in [0.3, 0.4) is 0 Å². The van der Waals surface area contributed by atoms with Crippen LogP contribution < -0.4 is 0 Å². The fraction of sp³-hybridized carbons (Fsp3) is 0.231. The Morgan fingerprint density at radius 2 is 2.00 bits per heavy atom. The van der Waals surface area contributed by atoms with Gasteiger partial charge in [0.1, 0.15) is 0 Å². The Balaban J connectivity index is 2.78. The third-order valence-corrected chi connectivity index (χ3v) is 2.87. The second kappa shape index (κ2) is 6.56. The summed E-state index contributed by atoms with van der Waals surface area (Å²) >= 11 is 1.09. The van der Waals surface area contributed by atoms with E-state index in [1.54, 1.807) is 18.2 Å². The number of halogens is 3. The molecule has 0 saturated heterocycles. The van der Waals surface area contributed by atoms with Crippen LogP contribution in [0.25, 0.3) is 6.08 Å². The minimum absolute atomic E-state index is 0.0364. The van der Waals surface area contributed by atoms with Gasteiger partial charge in [-0.1, -0.05) is 42.1 Å². The summed E-state index contributed by atoms with van der Waals surface area (Å²) in [5, 5.41) is -0.0364. The smallest absolute Gasteiger partial charge is 0.288 e. The van der Waals surface area contributed by atoms with E-state index in [0.717, 1.165) is 17.8 Å². The number of hydrogen-bond acceptors (Lipinski definition) is 3. The molecule has 0 spiro atoms. The number of Topliss-reactive ketones (excluding diaryl/α,β-unsaturated/α-hetero) is 1. The van der Waals surface area contributed by atoms with Gasteiger partial charge in [0, 0.05) is 18.2 Å². The Morgan fingerprint density at radius 3 is 2.58 bits per heavy atom. The normalized spacial score (nSPS) is 11.8. The average Bonchev–Trinajstić information content (AvgIpc) is 2.33. The van der Waals surface area contributed by atoms with Crippen LogP contribution in [-0.2, 0) is 4.79 Å². The highest BCUT2D eigenvalue weighted by atomic mass is 32.2. The molecule has 102 valence electrons. The summed E-state index contributed by atoms with van der Waals surface area (Å²) in [5.74, 6) is -1.42.